The second-order valence-electron chi connectivity index (χ2n) is 9.08. The molecule has 1 aliphatic rings. The van der Waals surface area contributed by atoms with Crippen LogP contribution in [-0.2, 0) is 11.3 Å². The van der Waals surface area contributed by atoms with E-state index in [0.29, 0.717) is 40.8 Å². The predicted molar refractivity (Wildman–Crippen MR) is 141 cm³/mol. The van der Waals surface area contributed by atoms with Gasteiger partial charge in [-0.2, -0.15) is 5.10 Å². The summed E-state index contributed by atoms with van der Waals surface area (Å²) in [6.07, 6.45) is 1.73. The highest BCUT2D eigenvalue weighted by atomic mass is 35.5. The number of anilines is 1. The Morgan fingerprint density at radius 2 is 1.87 bits per heavy atom. The molecule has 0 saturated heterocycles. The van der Waals surface area contributed by atoms with Crippen molar-refractivity contribution in [1.29, 1.82) is 0 Å². The van der Waals surface area contributed by atoms with Gasteiger partial charge in [0.25, 0.3) is 5.56 Å². The molecule has 194 valence electrons. The van der Waals surface area contributed by atoms with Gasteiger partial charge in [-0.05, 0) is 67.8 Å². The topological polar surface area (TPSA) is 134 Å². The second kappa shape index (κ2) is 11.0. The number of H-pyrrole nitrogens is 1. The van der Waals surface area contributed by atoms with E-state index in [-0.39, 0.29) is 24.1 Å². The van der Waals surface area contributed by atoms with Gasteiger partial charge in [-0.1, -0.05) is 23.7 Å². The van der Waals surface area contributed by atoms with Crippen LogP contribution in [0.2, 0.25) is 5.02 Å². The van der Waals surface area contributed by atoms with Crippen LogP contribution in [0.25, 0.3) is 0 Å². The zero-order valence-corrected chi connectivity index (χ0v) is 21.2. The van der Waals surface area contributed by atoms with E-state index in [0.717, 1.165) is 11.3 Å². The van der Waals surface area contributed by atoms with Crippen LogP contribution in [0, 0.1) is 12.8 Å². The highest BCUT2D eigenvalue weighted by molar-refractivity contribution is 6.30. The molecular formula is C27H25ClN6O4. The van der Waals surface area contributed by atoms with Gasteiger partial charge in [-0.3, -0.25) is 14.2 Å². The number of hydrogen-bond acceptors (Lipinski definition) is 7. The first-order chi connectivity index (χ1) is 18.3. The summed E-state index contributed by atoms with van der Waals surface area (Å²) in [5.74, 6) is 0.325. The van der Waals surface area contributed by atoms with Crippen molar-refractivity contribution in [1.82, 2.24) is 19.7 Å². The van der Waals surface area contributed by atoms with Gasteiger partial charge in [-0.25, -0.2) is 4.99 Å². The zero-order valence-electron chi connectivity index (χ0n) is 20.5. The maximum absolute atomic E-state index is 13.4. The monoisotopic (exact) mass is 532 g/mol. The number of hydrogen-bond donors (Lipinski definition) is 3. The molecule has 1 fully saturated rings. The minimum absolute atomic E-state index is 0.104. The van der Waals surface area contributed by atoms with Crippen LogP contribution in [-0.4, -0.2) is 36.9 Å². The summed E-state index contributed by atoms with van der Waals surface area (Å²) < 4.78 is 7.16. The Morgan fingerprint density at radius 3 is 2.53 bits per heavy atom. The number of aryl methyl sites for hydroxylation is 1. The Bertz CT molecular complexity index is 1560. The molecule has 10 nitrogen and oxygen atoms in total. The average Bonchev–Trinajstić information content (AvgIpc) is 2.89. The van der Waals surface area contributed by atoms with Crippen LogP contribution >= 0.6 is 11.6 Å². The fourth-order valence-electron chi connectivity index (χ4n) is 3.93. The highest BCUT2D eigenvalue weighted by Crippen LogP contribution is 2.28. The number of halogens is 1. The number of amides is 1. The van der Waals surface area contributed by atoms with E-state index >= 15 is 0 Å². The summed E-state index contributed by atoms with van der Waals surface area (Å²) in [4.78, 5) is 33.6. The molecule has 38 heavy (non-hydrogen) atoms. The largest absolute Gasteiger partial charge is 0.438 e. The van der Waals surface area contributed by atoms with Crippen LogP contribution in [0.3, 0.4) is 0 Å². The quantitative estimate of drug-likeness (QED) is 0.332. The van der Waals surface area contributed by atoms with Gasteiger partial charge < -0.3 is 20.1 Å². The summed E-state index contributed by atoms with van der Waals surface area (Å²) in [7, 11) is 0. The summed E-state index contributed by atoms with van der Waals surface area (Å²) in [5, 5.41) is 20.7. The molecule has 3 N–H and O–H groups in total. The first kappa shape index (κ1) is 25.4. The van der Waals surface area contributed by atoms with E-state index in [4.69, 9.17) is 16.3 Å². The first-order valence-corrected chi connectivity index (χ1v) is 12.4. The maximum atomic E-state index is 13.4. The number of nitrogens with one attached hydrogen (secondary N) is 2. The molecule has 0 radical (unpaired) electrons. The third-order valence-electron chi connectivity index (χ3n) is 6.14. The maximum Gasteiger partial charge on any atom is 0.278 e. The Balaban J connectivity index is 1.44. The van der Waals surface area contributed by atoms with Crippen molar-refractivity contribution >= 4 is 28.9 Å². The van der Waals surface area contributed by atoms with Gasteiger partial charge >= 0.3 is 0 Å². The van der Waals surface area contributed by atoms with E-state index in [1.807, 2.05) is 25.1 Å². The van der Waals surface area contributed by atoms with Crippen molar-refractivity contribution in [2.45, 2.75) is 32.4 Å². The molecular weight excluding hydrogens is 508 g/mol. The van der Waals surface area contributed by atoms with E-state index in [2.05, 4.69) is 25.5 Å². The van der Waals surface area contributed by atoms with Gasteiger partial charge in [0.05, 0.1) is 24.0 Å². The van der Waals surface area contributed by atoms with Crippen LogP contribution in [0.4, 0.5) is 11.4 Å². The molecule has 2 aromatic heterocycles. The smallest absolute Gasteiger partial charge is 0.278 e. The number of aromatic nitrogens is 4. The van der Waals surface area contributed by atoms with Gasteiger partial charge in [0.2, 0.25) is 17.4 Å². The van der Waals surface area contributed by atoms with Crippen molar-refractivity contribution in [3.63, 3.8) is 0 Å². The second-order valence-corrected chi connectivity index (χ2v) is 9.51. The molecule has 1 saturated carbocycles. The molecule has 1 aliphatic carbocycles. The Kier molecular flexibility index (Phi) is 7.34. The van der Waals surface area contributed by atoms with Crippen molar-refractivity contribution < 1.29 is 14.6 Å². The zero-order chi connectivity index (χ0) is 26.6. The van der Waals surface area contributed by atoms with Crippen LogP contribution < -0.4 is 21.2 Å². The van der Waals surface area contributed by atoms with E-state index < -0.39 is 11.7 Å². The van der Waals surface area contributed by atoms with Gasteiger partial charge in [-0.15, -0.1) is 5.10 Å². The molecule has 2 heterocycles. The number of benzene rings is 2. The number of ether oxygens (including phenoxy) is 1. The fourth-order valence-corrected chi connectivity index (χ4v) is 4.05. The molecule has 2 aromatic carbocycles. The number of nitrogens with zero attached hydrogens (tertiary/aromatic N) is 4. The van der Waals surface area contributed by atoms with E-state index in [1.54, 1.807) is 42.5 Å². The molecule has 0 bridgehead atoms. The van der Waals surface area contributed by atoms with Gasteiger partial charge in [0.1, 0.15) is 11.4 Å². The molecule has 5 rings (SSSR count). The van der Waals surface area contributed by atoms with Crippen LogP contribution in [0.5, 0.6) is 11.6 Å². The van der Waals surface area contributed by atoms with Gasteiger partial charge in [0, 0.05) is 23.2 Å². The lowest BCUT2D eigenvalue weighted by Gasteiger charge is -2.29. The normalized spacial score (nSPS) is 17.1. The lowest BCUT2D eigenvalue weighted by molar-refractivity contribution is -0.126. The van der Waals surface area contributed by atoms with E-state index in [9.17, 15) is 14.7 Å². The van der Waals surface area contributed by atoms with Crippen LogP contribution in [0.1, 0.15) is 24.1 Å². The Labute approximate surface area is 222 Å². The van der Waals surface area contributed by atoms with Crippen molar-refractivity contribution in [3.8, 4) is 11.6 Å². The minimum atomic E-state index is -0.471. The summed E-state index contributed by atoms with van der Waals surface area (Å²) >= 11 is 6.02. The molecule has 0 spiro atoms. The molecule has 4 aromatic rings. The Hall–Kier alpha value is -4.28. The number of aromatic amines is 1. The number of aliphatic hydroxyl groups excluding tert-OH is 1. The first-order valence-electron chi connectivity index (χ1n) is 12.0. The molecule has 11 heteroatoms. The van der Waals surface area contributed by atoms with Crippen molar-refractivity contribution in [2.24, 2.45) is 10.9 Å². The lowest BCUT2D eigenvalue weighted by atomic mass is 9.82. The lowest BCUT2D eigenvalue weighted by Crippen LogP contribution is -2.41. The third kappa shape index (κ3) is 5.99. The summed E-state index contributed by atoms with van der Waals surface area (Å²) in [6, 6.07) is 17.6. The number of aliphatic hydroxyl groups is 1. The SMILES string of the molecule is Cc1ccc(Oc2ccc(/N=c3\[nH]cc(NC(=O)[C@H]4C[C@H](O)C4)c(=O)n3Cc3ccc(Cl)cc3)cc2)nn1. The average molecular weight is 533 g/mol. The predicted octanol–water partition coefficient (Wildman–Crippen LogP) is 3.71. The fraction of sp³-hybridized carbons (Fsp3) is 0.222. The molecule has 0 aliphatic heterocycles. The summed E-state index contributed by atoms with van der Waals surface area (Å²) in [6.45, 7) is 2.04. The standard InChI is InChI=1S/C27H25ClN6O4/c1-16-2-11-24(33-32-16)38-22-9-7-20(8-10-22)30-27-29-14-23(31-25(36)18-12-21(35)13-18)26(37)34(27)15-17-3-5-19(28)6-4-17/h2-11,14,18,21,35H,12-13,15H2,1H3,(H,29,30)(H,31,36)/t18-,21-. The number of carbonyl (C=O) groups excluding carboxylic acids is 1. The van der Waals surface area contributed by atoms with E-state index in [1.165, 1.54) is 10.8 Å². The number of rotatable bonds is 7. The molecule has 0 unspecified atom stereocenters. The molecule has 1 amide bonds. The highest BCUT2D eigenvalue weighted by Gasteiger charge is 2.33. The molecule has 0 atom stereocenters. The van der Waals surface area contributed by atoms with Crippen molar-refractivity contribution in [2.75, 3.05) is 5.32 Å². The minimum Gasteiger partial charge on any atom is -0.438 e. The third-order valence-corrected chi connectivity index (χ3v) is 6.39. The summed E-state index contributed by atoms with van der Waals surface area (Å²) in [5.41, 5.74) is 2.18. The van der Waals surface area contributed by atoms with Crippen LogP contribution in [0.15, 0.2) is 76.6 Å². The number of carbonyl (C=O) groups is 1. The van der Waals surface area contributed by atoms with Gasteiger partial charge in [0.15, 0.2) is 0 Å². The van der Waals surface area contributed by atoms with Crippen molar-refractivity contribution in [3.05, 3.63) is 99.1 Å². The Morgan fingerprint density at radius 1 is 1.13 bits per heavy atom.